The van der Waals surface area contributed by atoms with E-state index < -0.39 is 22.8 Å². The molecular formula is C21H23N3O4. The van der Waals surface area contributed by atoms with Crippen LogP contribution in [0.15, 0.2) is 23.0 Å². The first-order valence-corrected chi connectivity index (χ1v) is 9.26. The molecule has 7 nitrogen and oxygen atoms in total. The molecule has 3 N–H and O–H groups in total. The second kappa shape index (κ2) is 6.53. The van der Waals surface area contributed by atoms with E-state index in [9.17, 15) is 19.8 Å². The number of fused-ring (bicyclic) bond motifs is 5. The van der Waals surface area contributed by atoms with Crippen molar-refractivity contribution in [3.8, 4) is 17.0 Å². The molecule has 2 heterocycles. The monoisotopic (exact) mass is 381 g/mol. The largest absolute Gasteiger partial charge is 0.506 e. The first-order chi connectivity index (χ1) is 13.3. The number of aromatic amines is 1. The second-order valence-corrected chi connectivity index (χ2v) is 7.66. The highest BCUT2D eigenvalue weighted by molar-refractivity contribution is 6.00. The minimum atomic E-state index is -1.42. The third-order valence-corrected chi connectivity index (χ3v) is 5.48. The lowest BCUT2D eigenvalue weighted by molar-refractivity contribution is 0.0691. The number of carbonyl (C=O) groups is 1. The Bertz CT molecular complexity index is 1170. The summed E-state index contributed by atoms with van der Waals surface area (Å²) >= 11 is 0. The Morgan fingerprint density at radius 1 is 1.29 bits per heavy atom. The third kappa shape index (κ3) is 2.70. The number of aryl methyl sites for hydroxylation is 1. The number of benzene rings is 1. The van der Waals surface area contributed by atoms with Crippen LogP contribution in [0.1, 0.15) is 33.6 Å². The fourth-order valence-corrected chi connectivity index (χ4v) is 4.29. The van der Waals surface area contributed by atoms with Gasteiger partial charge in [-0.2, -0.15) is 0 Å². The van der Waals surface area contributed by atoms with E-state index in [2.05, 4.69) is 26.6 Å². The molecule has 0 fully saturated rings. The second-order valence-electron chi connectivity index (χ2n) is 7.66. The van der Waals surface area contributed by atoms with Crippen molar-refractivity contribution in [2.45, 2.75) is 25.8 Å². The molecule has 1 aliphatic rings. The fraction of sp³-hybridized carbons (Fsp3) is 0.333. The van der Waals surface area contributed by atoms with Gasteiger partial charge in [-0.15, -0.1) is 0 Å². The molecule has 0 atom stereocenters. The van der Waals surface area contributed by atoms with Gasteiger partial charge in [0.25, 0.3) is 5.56 Å². The summed E-state index contributed by atoms with van der Waals surface area (Å²) in [5, 5.41) is 20.8. The normalized spacial score (nSPS) is 13.4. The van der Waals surface area contributed by atoms with Gasteiger partial charge in [0.2, 0.25) is 0 Å². The van der Waals surface area contributed by atoms with Crippen LogP contribution in [-0.4, -0.2) is 44.7 Å². The van der Waals surface area contributed by atoms with Gasteiger partial charge in [-0.25, -0.2) is 4.79 Å². The zero-order valence-corrected chi connectivity index (χ0v) is 16.2. The third-order valence-electron chi connectivity index (χ3n) is 5.48. The van der Waals surface area contributed by atoms with Gasteiger partial charge in [-0.1, -0.05) is 12.1 Å². The summed E-state index contributed by atoms with van der Waals surface area (Å²) in [6, 6.07) is 6.26. The average molecular weight is 381 g/mol. The number of hydrogen-bond donors (Lipinski definition) is 3. The summed E-state index contributed by atoms with van der Waals surface area (Å²) in [5.41, 5.74) is 3.87. The molecule has 0 spiro atoms. The van der Waals surface area contributed by atoms with Crippen LogP contribution in [-0.2, 0) is 26.4 Å². The van der Waals surface area contributed by atoms with Gasteiger partial charge in [-0.3, -0.25) is 4.79 Å². The van der Waals surface area contributed by atoms with Gasteiger partial charge in [0.05, 0.1) is 5.69 Å². The van der Waals surface area contributed by atoms with Crippen molar-refractivity contribution in [3.05, 3.63) is 50.9 Å². The molecule has 2 aromatic heterocycles. The Hall–Kier alpha value is -3.06. The molecule has 0 amide bonds. The van der Waals surface area contributed by atoms with Crippen molar-refractivity contribution >= 4 is 16.9 Å². The maximum atomic E-state index is 12.4. The number of hydrogen-bond acceptors (Lipinski definition) is 4. The first-order valence-electron chi connectivity index (χ1n) is 9.26. The number of nitrogens with zero attached hydrogens (tertiary/aromatic N) is 2. The minimum Gasteiger partial charge on any atom is -0.506 e. The van der Waals surface area contributed by atoms with Crippen LogP contribution in [0.2, 0.25) is 0 Å². The molecule has 146 valence electrons. The lowest BCUT2D eigenvalue weighted by Gasteiger charge is -2.12. The van der Waals surface area contributed by atoms with E-state index >= 15 is 0 Å². The number of carboxylic acids is 1. The Balaban J connectivity index is 2.03. The van der Waals surface area contributed by atoms with Crippen molar-refractivity contribution < 1.29 is 15.0 Å². The molecule has 28 heavy (non-hydrogen) atoms. The van der Waals surface area contributed by atoms with Crippen molar-refractivity contribution in [1.82, 2.24) is 14.5 Å². The molecule has 1 aliphatic carbocycles. The predicted molar refractivity (Wildman–Crippen MR) is 107 cm³/mol. The van der Waals surface area contributed by atoms with Crippen LogP contribution in [0.3, 0.4) is 0 Å². The molecule has 0 aliphatic heterocycles. The summed E-state index contributed by atoms with van der Waals surface area (Å²) in [6.45, 7) is 0.821. The number of aromatic hydroxyl groups is 1. The van der Waals surface area contributed by atoms with E-state index in [0.29, 0.717) is 17.7 Å². The van der Waals surface area contributed by atoms with Crippen LogP contribution >= 0.6 is 0 Å². The lowest BCUT2D eigenvalue weighted by Crippen LogP contribution is -2.20. The minimum absolute atomic E-state index is 0.416. The number of nitrogens with one attached hydrogen (secondary N) is 1. The topological polar surface area (TPSA) is 98.6 Å². The highest BCUT2D eigenvalue weighted by Gasteiger charge is 2.28. The van der Waals surface area contributed by atoms with Crippen molar-refractivity contribution in [1.29, 1.82) is 0 Å². The number of aromatic nitrogens is 2. The number of pyridine rings is 1. The molecule has 7 heteroatoms. The van der Waals surface area contributed by atoms with Crippen molar-refractivity contribution in [3.63, 3.8) is 0 Å². The highest BCUT2D eigenvalue weighted by atomic mass is 16.4. The molecule has 0 radical (unpaired) electrons. The highest BCUT2D eigenvalue weighted by Crippen LogP contribution is 2.41. The molecule has 0 saturated heterocycles. The summed E-state index contributed by atoms with van der Waals surface area (Å²) in [5.74, 6) is -1.84. The van der Waals surface area contributed by atoms with Crippen LogP contribution in [0.5, 0.6) is 5.75 Å². The van der Waals surface area contributed by atoms with Gasteiger partial charge >= 0.3 is 5.97 Å². The number of H-pyrrole nitrogens is 1. The summed E-state index contributed by atoms with van der Waals surface area (Å²) < 4.78 is 2.14. The standard InChI is InChI=1S/C21H23N3O4/c1-23(2)10-11-7-8-12-15(9-11)24(3)14-6-4-5-13-18(16(12)14)22-20(26)17(19(13)25)21(27)28/h7-9H,4-6,10H2,1-3H3,(H,27,28)(H2,22,25,26). The van der Waals surface area contributed by atoms with Gasteiger partial charge in [0.1, 0.15) is 5.75 Å². The average Bonchev–Trinajstić information content (AvgIpc) is 2.75. The quantitative estimate of drug-likeness (QED) is 0.647. The van der Waals surface area contributed by atoms with Crippen LogP contribution in [0.25, 0.3) is 22.2 Å². The number of rotatable bonds is 3. The van der Waals surface area contributed by atoms with E-state index in [-0.39, 0.29) is 0 Å². The maximum absolute atomic E-state index is 12.4. The molecule has 0 saturated carbocycles. The summed E-state index contributed by atoms with van der Waals surface area (Å²) in [6.07, 6.45) is 2.04. The Labute approximate surface area is 161 Å². The maximum Gasteiger partial charge on any atom is 0.345 e. The van der Waals surface area contributed by atoms with E-state index in [1.807, 2.05) is 27.2 Å². The molecular weight excluding hydrogens is 358 g/mol. The van der Waals surface area contributed by atoms with Gasteiger partial charge in [-0.05, 0) is 45.0 Å². The van der Waals surface area contributed by atoms with Gasteiger partial charge in [0.15, 0.2) is 5.56 Å². The van der Waals surface area contributed by atoms with Crippen molar-refractivity contribution in [2.75, 3.05) is 14.1 Å². The molecule has 1 aromatic carbocycles. The predicted octanol–water partition coefficient (Wildman–Crippen LogP) is 2.49. The number of aromatic carboxylic acids is 1. The molecule has 0 unspecified atom stereocenters. The zero-order chi connectivity index (χ0) is 20.2. The summed E-state index contributed by atoms with van der Waals surface area (Å²) in [7, 11) is 6.05. The SMILES string of the molecule is CN(C)Cc1ccc2c3c(n(C)c2c1)CCCc1c-3[nH]c(=O)c(C(=O)O)c1O. The molecule has 3 aromatic rings. The Morgan fingerprint density at radius 3 is 2.71 bits per heavy atom. The summed E-state index contributed by atoms with van der Waals surface area (Å²) in [4.78, 5) is 28.7. The molecule has 4 rings (SSSR count). The van der Waals surface area contributed by atoms with Crippen LogP contribution in [0, 0.1) is 0 Å². The van der Waals surface area contributed by atoms with Crippen LogP contribution in [0.4, 0.5) is 0 Å². The lowest BCUT2D eigenvalue weighted by atomic mass is 9.99. The van der Waals surface area contributed by atoms with Crippen LogP contribution < -0.4 is 5.56 Å². The Kier molecular flexibility index (Phi) is 4.27. The van der Waals surface area contributed by atoms with E-state index in [4.69, 9.17) is 0 Å². The van der Waals surface area contributed by atoms with Crippen molar-refractivity contribution in [2.24, 2.45) is 7.05 Å². The fourth-order valence-electron chi connectivity index (χ4n) is 4.29. The first kappa shape index (κ1) is 18.3. The zero-order valence-electron chi connectivity index (χ0n) is 16.2. The smallest absolute Gasteiger partial charge is 0.345 e. The van der Waals surface area contributed by atoms with E-state index in [1.165, 1.54) is 5.56 Å². The van der Waals surface area contributed by atoms with Gasteiger partial charge in [0, 0.05) is 41.3 Å². The number of carboxylic acid groups (broad SMARTS) is 1. The van der Waals surface area contributed by atoms with E-state index in [1.54, 1.807) is 0 Å². The molecule has 0 bridgehead atoms. The van der Waals surface area contributed by atoms with Gasteiger partial charge < -0.3 is 24.7 Å². The van der Waals surface area contributed by atoms with E-state index in [0.717, 1.165) is 41.5 Å². The Morgan fingerprint density at radius 2 is 2.04 bits per heavy atom.